The van der Waals surface area contributed by atoms with Crippen LogP contribution in [0.1, 0.15) is 39.3 Å². The molecule has 0 bridgehead atoms. The number of rotatable bonds is 9. The van der Waals surface area contributed by atoms with Crippen molar-refractivity contribution < 1.29 is 4.74 Å². The highest BCUT2D eigenvalue weighted by atomic mass is 16.5. The summed E-state index contributed by atoms with van der Waals surface area (Å²) in [6.45, 7) is 8.18. The molecule has 0 fully saturated rings. The van der Waals surface area contributed by atoms with Crippen LogP contribution in [-0.4, -0.2) is 30.3 Å². The van der Waals surface area contributed by atoms with Crippen molar-refractivity contribution in [1.82, 2.24) is 10.3 Å². The Labute approximate surface area is 111 Å². The minimum Gasteiger partial charge on any atom is -0.377 e. The maximum atomic E-state index is 5.71. The molecule has 0 radical (unpaired) electrons. The molecule has 18 heavy (non-hydrogen) atoms. The first-order chi connectivity index (χ1) is 8.72. The molecule has 0 aliphatic heterocycles. The number of nitrogens with zero attached hydrogens (tertiary/aromatic N) is 1. The van der Waals surface area contributed by atoms with Gasteiger partial charge in [-0.2, -0.15) is 0 Å². The lowest BCUT2D eigenvalue weighted by Crippen LogP contribution is -2.35. The van der Waals surface area contributed by atoms with Gasteiger partial charge in [0.1, 0.15) is 0 Å². The van der Waals surface area contributed by atoms with Crippen LogP contribution in [0.25, 0.3) is 0 Å². The molecule has 0 saturated heterocycles. The molecule has 0 spiro atoms. The van der Waals surface area contributed by atoms with E-state index in [2.05, 4.69) is 37.1 Å². The number of hydrogen-bond acceptors (Lipinski definition) is 3. The van der Waals surface area contributed by atoms with Gasteiger partial charge in [0.05, 0.1) is 12.7 Å². The van der Waals surface area contributed by atoms with Gasteiger partial charge in [-0.3, -0.25) is 4.98 Å². The molecule has 1 N–H and O–H groups in total. The van der Waals surface area contributed by atoms with E-state index < -0.39 is 0 Å². The first-order valence-corrected chi connectivity index (χ1v) is 6.97. The zero-order valence-corrected chi connectivity index (χ0v) is 11.9. The summed E-state index contributed by atoms with van der Waals surface area (Å²) in [5.74, 6) is 0. The minimum absolute atomic E-state index is 0.297. The Morgan fingerprint density at radius 1 is 1.33 bits per heavy atom. The smallest absolute Gasteiger partial charge is 0.0623 e. The molecule has 1 atom stereocenters. The van der Waals surface area contributed by atoms with Gasteiger partial charge in [-0.25, -0.2) is 0 Å². The Morgan fingerprint density at radius 3 is 2.78 bits per heavy atom. The zero-order chi connectivity index (χ0) is 13.2. The predicted molar refractivity (Wildman–Crippen MR) is 75.7 cm³/mol. The third-order valence-corrected chi connectivity index (χ3v) is 2.79. The summed E-state index contributed by atoms with van der Waals surface area (Å²) >= 11 is 0. The Balaban J connectivity index is 2.35. The molecule has 0 aliphatic rings. The Bertz CT molecular complexity index is 301. The van der Waals surface area contributed by atoms with Gasteiger partial charge >= 0.3 is 0 Å². The molecule has 1 aromatic rings. The second kappa shape index (κ2) is 9.06. The highest BCUT2D eigenvalue weighted by Gasteiger charge is 2.09. The van der Waals surface area contributed by atoms with Gasteiger partial charge in [0.25, 0.3) is 0 Å². The van der Waals surface area contributed by atoms with Crippen molar-refractivity contribution >= 4 is 0 Å². The number of ether oxygens (including phenoxy) is 1. The second-order valence-corrected chi connectivity index (χ2v) is 4.89. The van der Waals surface area contributed by atoms with E-state index in [4.69, 9.17) is 4.74 Å². The fraction of sp³-hybridized carbons (Fsp3) is 0.667. The molecule has 3 heteroatoms. The Morgan fingerprint density at radius 2 is 2.17 bits per heavy atom. The molecular formula is C15H26N2O. The zero-order valence-electron chi connectivity index (χ0n) is 11.9. The average molecular weight is 250 g/mol. The van der Waals surface area contributed by atoms with Crippen LogP contribution in [0.5, 0.6) is 0 Å². The summed E-state index contributed by atoms with van der Waals surface area (Å²) in [6.07, 6.45) is 5.38. The van der Waals surface area contributed by atoms with Gasteiger partial charge in [0.15, 0.2) is 0 Å². The van der Waals surface area contributed by atoms with Crippen molar-refractivity contribution in [1.29, 1.82) is 0 Å². The second-order valence-electron chi connectivity index (χ2n) is 4.89. The van der Waals surface area contributed by atoms with E-state index in [0.29, 0.717) is 12.1 Å². The molecule has 1 rings (SSSR count). The van der Waals surface area contributed by atoms with Crippen molar-refractivity contribution in [2.75, 3.05) is 13.2 Å². The maximum absolute atomic E-state index is 5.71. The number of aryl methyl sites for hydroxylation is 1. The molecule has 1 aromatic heterocycles. The first kappa shape index (κ1) is 15.1. The molecule has 1 unspecified atom stereocenters. The van der Waals surface area contributed by atoms with Gasteiger partial charge < -0.3 is 10.1 Å². The SMILES string of the molecule is CCCNC(CCc1ccccn1)COC(C)C. The van der Waals surface area contributed by atoms with Gasteiger partial charge in [0.2, 0.25) is 0 Å². The minimum atomic E-state index is 0.297. The normalized spacial score (nSPS) is 12.9. The lowest BCUT2D eigenvalue weighted by molar-refractivity contribution is 0.0596. The summed E-state index contributed by atoms with van der Waals surface area (Å²) in [4.78, 5) is 4.36. The van der Waals surface area contributed by atoms with Crippen LogP contribution in [0.3, 0.4) is 0 Å². The van der Waals surface area contributed by atoms with Crippen molar-refractivity contribution in [3.8, 4) is 0 Å². The highest BCUT2D eigenvalue weighted by molar-refractivity contribution is 5.03. The summed E-state index contributed by atoms with van der Waals surface area (Å²) in [5, 5.41) is 3.54. The summed E-state index contributed by atoms with van der Waals surface area (Å²) in [5.41, 5.74) is 1.16. The van der Waals surface area contributed by atoms with Gasteiger partial charge in [0, 0.05) is 17.9 Å². The molecular weight excluding hydrogens is 224 g/mol. The summed E-state index contributed by atoms with van der Waals surface area (Å²) in [6, 6.07) is 6.51. The molecule has 0 aromatic carbocycles. The largest absolute Gasteiger partial charge is 0.377 e. The highest BCUT2D eigenvalue weighted by Crippen LogP contribution is 2.04. The van der Waals surface area contributed by atoms with Gasteiger partial charge in [-0.15, -0.1) is 0 Å². The van der Waals surface area contributed by atoms with E-state index in [1.54, 1.807) is 0 Å². The van der Waals surface area contributed by atoms with Crippen LogP contribution in [0.15, 0.2) is 24.4 Å². The topological polar surface area (TPSA) is 34.2 Å². The van der Waals surface area contributed by atoms with Crippen LogP contribution in [-0.2, 0) is 11.2 Å². The number of nitrogens with one attached hydrogen (secondary N) is 1. The van der Waals surface area contributed by atoms with E-state index in [9.17, 15) is 0 Å². The molecule has 1 heterocycles. The van der Waals surface area contributed by atoms with E-state index >= 15 is 0 Å². The van der Waals surface area contributed by atoms with Crippen LogP contribution < -0.4 is 5.32 Å². The van der Waals surface area contributed by atoms with Crippen LogP contribution >= 0.6 is 0 Å². The first-order valence-electron chi connectivity index (χ1n) is 6.97. The van der Waals surface area contributed by atoms with Crippen LogP contribution in [0.4, 0.5) is 0 Å². The predicted octanol–water partition coefficient (Wildman–Crippen LogP) is 2.81. The number of aromatic nitrogens is 1. The Kier molecular flexibility index (Phi) is 7.62. The van der Waals surface area contributed by atoms with Crippen molar-refractivity contribution in [2.24, 2.45) is 0 Å². The monoisotopic (exact) mass is 250 g/mol. The van der Waals surface area contributed by atoms with E-state index in [-0.39, 0.29) is 0 Å². The molecule has 0 saturated carbocycles. The standard InChI is InChI=1S/C15H26N2O/c1-4-10-16-15(12-18-13(2)3)9-8-14-7-5-6-11-17-14/h5-7,11,13,15-16H,4,8-10,12H2,1-3H3. The van der Waals surface area contributed by atoms with Gasteiger partial charge in [-0.1, -0.05) is 13.0 Å². The lowest BCUT2D eigenvalue weighted by atomic mass is 10.1. The third kappa shape index (κ3) is 6.72. The maximum Gasteiger partial charge on any atom is 0.0623 e. The van der Waals surface area contributed by atoms with E-state index in [0.717, 1.165) is 38.1 Å². The molecule has 0 amide bonds. The van der Waals surface area contributed by atoms with E-state index in [1.165, 1.54) is 0 Å². The fourth-order valence-corrected chi connectivity index (χ4v) is 1.77. The number of hydrogen-bond donors (Lipinski definition) is 1. The third-order valence-electron chi connectivity index (χ3n) is 2.79. The van der Waals surface area contributed by atoms with E-state index in [1.807, 2.05) is 18.3 Å². The number of pyridine rings is 1. The van der Waals surface area contributed by atoms with Crippen LogP contribution in [0, 0.1) is 0 Å². The van der Waals surface area contributed by atoms with Crippen molar-refractivity contribution in [2.45, 2.75) is 52.2 Å². The molecule has 0 aliphatic carbocycles. The molecule has 102 valence electrons. The average Bonchev–Trinajstić information content (AvgIpc) is 2.39. The summed E-state index contributed by atoms with van der Waals surface area (Å²) in [7, 11) is 0. The summed E-state index contributed by atoms with van der Waals surface area (Å²) < 4.78 is 5.71. The van der Waals surface area contributed by atoms with Crippen molar-refractivity contribution in [3.05, 3.63) is 30.1 Å². The van der Waals surface area contributed by atoms with Crippen molar-refractivity contribution in [3.63, 3.8) is 0 Å². The molecule has 3 nitrogen and oxygen atoms in total. The van der Waals surface area contributed by atoms with Crippen LogP contribution in [0.2, 0.25) is 0 Å². The fourth-order valence-electron chi connectivity index (χ4n) is 1.77. The van der Waals surface area contributed by atoms with Gasteiger partial charge in [-0.05, 0) is 51.8 Å². The Hall–Kier alpha value is -0.930. The lowest BCUT2D eigenvalue weighted by Gasteiger charge is -2.19. The quantitative estimate of drug-likeness (QED) is 0.732.